The van der Waals surface area contributed by atoms with Gasteiger partial charge in [0.2, 0.25) is 0 Å². The van der Waals surface area contributed by atoms with Crippen molar-refractivity contribution in [2.24, 2.45) is 7.05 Å². The third-order valence-electron chi connectivity index (χ3n) is 2.80. The zero-order valence-electron chi connectivity index (χ0n) is 10.3. The van der Waals surface area contributed by atoms with Crippen LogP contribution in [-0.2, 0) is 13.5 Å². The minimum absolute atomic E-state index is 0.319. The Balaban J connectivity index is 1.86. The molecule has 0 bridgehead atoms. The van der Waals surface area contributed by atoms with Crippen molar-refractivity contribution in [3.63, 3.8) is 0 Å². The average Bonchev–Trinajstić information content (AvgIpc) is 2.83. The van der Waals surface area contributed by atoms with Crippen molar-refractivity contribution in [3.8, 4) is 0 Å². The summed E-state index contributed by atoms with van der Waals surface area (Å²) in [5, 5.41) is 21.8. The maximum atomic E-state index is 10.2. The number of hydrogen-bond donors (Lipinski definition) is 1. The summed E-state index contributed by atoms with van der Waals surface area (Å²) >= 11 is 0. The van der Waals surface area contributed by atoms with Crippen molar-refractivity contribution >= 4 is 11.0 Å². The van der Waals surface area contributed by atoms with Crippen molar-refractivity contribution in [2.75, 3.05) is 0 Å². The molecule has 1 aromatic carbocycles. The first-order valence-electron chi connectivity index (χ1n) is 5.84. The second-order valence-electron chi connectivity index (χ2n) is 4.22. The summed E-state index contributed by atoms with van der Waals surface area (Å²) in [5.74, 6) is 0.509. The second-order valence-corrected chi connectivity index (χ2v) is 4.22. The molecule has 1 atom stereocenters. The van der Waals surface area contributed by atoms with Gasteiger partial charge in [0.15, 0.2) is 5.82 Å². The molecule has 0 spiro atoms. The van der Waals surface area contributed by atoms with E-state index >= 15 is 0 Å². The summed E-state index contributed by atoms with van der Waals surface area (Å²) in [7, 11) is 1.69. The Labute approximate surface area is 108 Å². The van der Waals surface area contributed by atoms with Crippen molar-refractivity contribution in [2.45, 2.75) is 12.5 Å². The van der Waals surface area contributed by atoms with Crippen LogP contribution in [0.4, 0.5) is 0 Å². The molecule has 1 N–H and O–H groups in total. The monoisotopic (exact) mass is 256 g/mol. The number of benzene rings is 1. The molecule has 7 nitrogen and oxygen atoms in total. The minimum atomic E-state index is -0.685. The van der Waals surface area contributed by atoms with E-state index in [-0.39, 0.29) is 0 Å². The van der Waals surface area contributed by atoms with Gasteiger partial charge in [0.05, 0.1) is 24.2 Å². The predicted molar refractivity (Wildman–Crippen MR) is 67.0 cm³/mol. The summed E-state index contributed by atoms with van der Waals surface area (Å²) < 4.78 is 0. The number of nitrogens with zero attached hydrogens (tertiary/aromatic N) is 6. The summed E-state index contributed by atoms with van der Waals surface area (Å²) in [6.45, 7) is 0. The average molecular weight is 256 g/mol. The summed E-state index contributed by atoms with van der Waals surface area (Å²) in [6, 6.07) is 5.49. The smallest absolute Gasteiger partial charge is 0.177 e. The number of rotatable bonds is 3. The normalized spacial score (nSPS) is 12.7. The van der Waals surface area contributed by atoms with Gasteiger partial charge in [-0.05, 0) is 22.9 Å². The number of aliphatic hydroxyl groups is 1. The quantitative estimate of drug-likeness (QED) is 0.731. The van der Waals surface area contributed by atoms with E-state index in [0.29, 0.717) is 12.2 Å². The van der Waals surface area contributed by atoms with E-state index in [9.17, 15) is 5.11 Å². The number of aryl methyl sites for hydroxylation is 1. The summed E-state index contributed by atoms with van der Waals surface area (Å²) in [4.78, 5) is 9.77. The van der Waals surface area contributed by atoms with Crippen LogP contribution in [0.2, 0.25) is 0 Å². The van der Waals surface area contributed by atoms with Crippen LogP contribution < -0.4 is 0 Å². The summed E-state index contributed by atoms with van der Waals surface area (Å²) in [6.07, 6.45) is 2.90. The lowest BCUT2D eigenvalue weighted by molar-refractivity contribution is 0.176. The van der Waals surface area contributed by atoms with Crippen molar-refractivity contribution in [1.82, 2.24) is 30.2 Å². The van der Waals surface area contributed by atoms with Crippen LogP contribution in [-0.4, -0.2) is 35.3 Å². The van der Waals surface area contributed by atoms with E-state index in [4.69, 9.17) is 0 Å². The third-order valence-corrected chi connectivity index (χ3v) is 2.80. The van der Waals surface area contributed by atoms with Gasteiger partial charge in [0.1, 0.15) is 0 Å². The van der Waals surface area contributed by atoms with E-state index in [2.05, 4.69) is 25.4 Å². The van der Waals surface area contributed by atoms with Gasteiger partial charge in [-0.2, -0.15) is 4.80 Å². The highest BCUT2D eigenvalue weighted by Gasteiger charge is 2.13. The van der Waals surface area contributed by atoms with Gasteiger partial charge in [0.25, 0.3) is 0 Å². The number of aromatic nitrogens is 6. The van der Waals surface area contributed by atoms with Gasteiger partial charge >= 0.3 is 0 Å². The number of fused-ring (bicyclic) bond motifs is 1. The Hall–Kier alpha value is -2.41. The van der Waals surface area contributed by atoms with Crippen LogP contribution in [0.1, 0.15) is 17.5 Å². The molecule has 0 fully saturated rings. The fraction of sp³-hybridized carbons (Fsp3) is 0.250. The van der Waals surface area contributed by atoms with Gasteiger partial charge in [-0.1, -0.05) is 6.07 Å². The molecular formula is C12H12N6O. The largest absolute Gasteiger partial charge is 0.388 e. The first kappa shape index (κ1) is 11.7. The van der Waals surface area contributed by atoms with Crippen LogP contribution in [0.5, 0.6) is 0 Å². The molecule has 7 heteroatoms. The lowest BCUT2D eigenvalue weighted by Crippen LogP contribution is -2.04. The van der Waals surface area contributed by atoms with Crippen molar-refractivity contribution < 1.29 is 5.11 Å². The van der Waals surface area contributed by atoms with E-state index in [1.165, 1.54) is 4.80 Å². The van der Waals surface area contributed by atoms with Crippen LogP contribution >= 0.6 is 0 Å². The van der Waals surface area contributed by atoms with E-state index < -0.39 is 6.10 Å². The Morgan fingerprint density at radius 1 is 1.21 bits per heavy atom. The fourth-order valence-electron chi connectivity index (χ4n) is 1.88. The Bertz CT molecular complexity index is 710. The van der Waals surface area contributed by atoms with Crippen LogP contribution in [0.25, 0.3) is 11.0 Å². The Kier molecular flexibility index (Phi) is 2.88. The zero-order chi connectivity index (χ0) is 13.2. The standard InChI is InChI=1S/C12H12N6O/c1-18-16-12(15-17-18)7-11(19)8-2-3-9-10(6-8)14-5-4-13-9/h2-6,11,19H,7H2,1H3. The van der Waals surface area contributed by atoms with Gasteiger partial charge in [0, 0.05) is 18.8 Å². The van der Waals surface area contributed by atoms with Crippen LogP contribution in [0.15, 0.2) is 30.6 Å². The van der Waals surface area contributed by atoms with Crippen molar-refractivity contribution in [1.29, 1.82) is 0 Å². The molecule has 2 heterocycles. The van der Waals surface area contributed by atoms with Crippen LogP contribution in [0.3, 0.4) is 0 Å². The number of hydrogen-bond acceptors (Lipinski definition) is 6. The topological polar surface area (TPSA) is 89.6 Å². The molecule has 96 valence electrons. The predicted octanol–water partition coefficient (Wildman–Crippen LogP) is 0.429. The Morgan fingerprint density at radius 2 is 2.00 bits per heavy atom. The lowest BCUT2D eigenvalue weighted by atomic mass is 10.1. The van der Waals surface area contributed by atoms with E-state index in [0.717, 1.165) is 16.6 Å². The molecule has 19 heavy (non-hydrogen) atoms. The molecule has 0 radical (unpaired) electrons. The maximum Gasteiger partial charge on any atom is 0.177 e. The fourth-order valence-corrected chi connectivity index (χ4v) is 1.88. The first-order chi connectivity index (χ1) is 9.22. The Morgan fingerprint density at radius 3 is 2.74 bits per heavy atom. The van der Waals surface area contributed by atoms with Gasteiger partial charge in [-0.25, -0.2) is 0 Å². The van der Waals surface area contributed by atoms with Crippen molar-refractivity contribution in [3.05, 3.63) is 42.0 Å². The molecule has 0 saturated carbocycles. The lowest BCUT2D eigenvalue weighted by Gasteiger charge is -2.08. The highest BCUT2D eigenvalue weighted by atomic mass is 16.3. The zero-order valence-corrected chi connectivity index (χ0v) is 10.3. The van der Waals surface area contributed by atoms with Gasteiger partial charge in [-0.15, -0.1) is 10.2 Å². The molecule has 0 aliphatic carbocycles. The molecule has 0 amide bonds. The molecule has 2 aromatic heterocycles. The minimum Gasteiger partial charge on any atom is -0.388 e. The molecule has 1 unspecified atom stereocenters. The van der Waals surface area contributed by atoms with Gasteiger partial charge in [-0.3, -0.25) is 9.97 Å². The molecular weight excluding hydrogens is 244 g/mol. The number of tetrazole rings is 1. The van der Waals surface area contributed by atoms with Gasteiger partial charge < -0.3 is 5.11 Å². The maximum absolute atomic E-state index is 10.2. The highest BCUT2D eigenvalue weighted by Crippen LogP contribution is 2.19. The van der Waals surface area contributed by atoms with E-state index in [1.54, 1.807) is 19.4 Å². The number of aliphatic hydroxyl groups excluding tert-OH is 1. The molecule has 0 aliphatic rings. The first-order valence-corrected chi connectivity index (χ1v) is 5.84. The highest BCUT2D eigenvalue weighted by molar-refractivity contribution is 5.74. The van der Waals surface area contributed by atoms with E-state index in [1.807, 2.05) is 18.2 Å². The SMILES string of the molecule is Cn1nnc(CC(O)c2ccc3nccnc3c2)n1. The van der Waals surface area contributed by atoms with Crippen LogP contribution in [0, 0.1) is 0 Å². The third kappa shape index (κ3) is 2.41. The molecule has 3 aromatic rings. The molecule has 0 saturated heterocycles. The molecule has 3 rings (SSSR count). The molecule has 0 aliphatic heterocycles. The second kappa shape index (κ2) is 4.69. The summed E-state index contributed by atoms with van der Waals surface area (Å²) in [5.41, 5.74) is 2.32.